The maximum atomic E-state index is 9.23. The van der Waals surface area contributed by atoms with Gasteiger partial charge in [0, 0.05) is 11.4 Å². The second kappa shape index (κ2) is 5.01. The van der Waals surface area contributed by atoms with Gasteiger partial charge in [-0.2, -0.15) is 5.26 Å². The number of hydrogen-bond donors (Lipinski definition) is 1. The molecule has 90 valence electrons. The summed E-state index contributed by atoms with van der Waals surface area (Å²) in [6.07, 6.45) is 5.94. The van der Waals surface area contributed by atoms with Gasteiger partial charge in [-0.15, -0.1) is 11.8 Å². The summed E-state index contributed by atoms with van der Waals surface area (Å²) in [5.41, 5.74) is 2.19. The van der Waals surface area contributed by atoms with E-state index in [4.69, 9.17) is 0 Å². The molecule has 1 aliphatic rings. The van der Waals surface area contributed by atoms with E-state index in [2.05, 4.69) is 18.3 Å². The van der Waals surface area contributed by atoms with Crippen LogP contribution in [0.2, 0.25) is 0 Å². The molecule has 1 N–H and O–H groups in total. The summed E-state index contributed by atoms with van der Waals surface area (Å²) in [7, 11) is 0. The van der Waals surface area contributed by atoms with Gasteiger partial charge in [-0.05, 0) is 36.6 Å². The Bertz CT molecular complexity index is 444. The number of rotatable bonds is 4. The zero-order chi connectivity index (χ0) is 12.3. The first-order valence-corrected chi connectivity index (χ1v) is 7.22. The second-order valence-electron chi connectivity index (χ2n) is 5.01. The number of anilines is 1. The van der Waals surface area contributed by atoms with Crippen molar-refractivity contribution in [3.8, 4) is 6.07 Å². The first kappa shape index (κ1) is 12.3. The lowest BCUT2D eigenvalue weighted by Gasteiger charge is -2.38. The van der Waals surface area contributed by atoms with Gasteiger partial charge < -0.3 is 5.32 Å². The monoisotopic (exact) mass is 246 g/mol. The molecule has 0 bridgehead atoms. The maximum absolute atomic E-state index is 9.23. The molecule has 0 radical (unpaired) electrons. The van der Waals surface area contributed by atoms with Gasteiger partial charge in [0.15, 0.2) is 0 Å². The Hall–Kier alpha value is -1.14. The zero-order valence-electron chi connectivity index (χ0n) is 10.4. The van der Waals surface area contributed by atoms with Gasteiger partial charge in [0.1, 0.15) is 6.07 Å². The van der Waals surface area contributed by atoms with Crippen LogP contribution in [0.15, 0.2) is 23.1 Å². The van der Waals surface area contributed by atoms with Gasteiger partial charge >= 0.3 is 0 Å². The fourth-order valence-electron chi connectivity index (χ4n) is 2.23. The number of nitrogens with zero attached hydrogens (tertiary/aromatic N) is 1. The Kier molecular flexibility index (Phi) is 3.63. The number of nitriles is 1. The summed E-state index contributed by atoms with van der Waals surface area (Å²) in [4.78, 5) is 1.05. The lowest BCUT2D eigenvalue weighted by atomic mass is 9.70. The minimum absolute atomic E-state index is 0.433. The molecule has 17 heavy (non-hydrogen) atoms. The van der Waals surface area contributed by atoms with Crippen LogP contribution in [-0.4, -0.2) is 12.8 Å². The summed E-state index contributed by atoms with van der Waals surface area (Å²) in [6.45, 7) is 3.29. The smallest absolute Gasteiger partial charge is 0.102 e. The summed E-state index contributed by atoms with van der Waals surface area (Å²) in [6, 6.07) is 8.32. The van der Waals surface area contributed by atoms with E-state index in [1.165, 1.54) is 19.3 Å². The molecule has 0 amide bonds. The summed E-state index contributed by atoms with van der Waals surface area (Å²) < 4.78 is 0. The Morgan fingerprint density at radius 3 is 2.76 bits per heavy atom. The Labute approximate surface area is 107 Å². The quantitative estimate of drug-likeness (QED) is 0.819. The van der Waals surface area contributed by atoms with Crippen LogP contribution in [0.5, 0.6) is 0 Å². The van der Waals surface area contributed by atoms with Crippen molar-refractivity contribution in [2.75, 3.05) is 18.1 Å². The van der Waals surface area contributed by atoms with Crippen molar-refractivity contribution >= 4 is 17.4 Å². The molecule has 2 rings (SSSR count). The van der Waals surface area contributed by atoms with Gasteiger partial charge in [-0.1, -0.05) is 19.4 Å². The van der Waals surface area contributed by atoms with Crippen molar-refractivity contribution in [3.63, 3.8) is 0 Å². The molecule has 0 saturated heterocycles. The molecule has 0 aliphatic heterocycles. The molecule has 1 saturated carbocycles. The largest absolute Gasteiger partial charge is 0.383 e. The minimum Gasteiger partial charge on any atom is -0.383 e. The van der Waals surface area contributed by atoms with Crippen LogP contribution in [0.3, 0.4) is 0 Å². The average Bonchev–Trinajstić information content (AvgIpc) is 2.33. The van der Waals surface area contributed by atoms with E-state index in [-0.39, 0.29) is 0 Å². The van der Waals surface area contributed by atoms with Crippen molar-refractivity contribution in [3.05, 3.63) is 23.8 Å². The molecule has 0 spiro atoms. The highest BCUT2D eigenvalue weighted by Crippen LogP contribution is 2.40. The summed E-state index contributed by atoms with van der Waals surface area (Å²) >= 11 is 1.62. The molecule has 1 aromatic carbocycles. The topological polar surface area (TPSA) is 35.8 Å². The van der Waals surface area contributed by atoms with E-state index in [0.717, 1.165) is 22.7 Å². The molecule has 0 heterocycles. The minimum atomic E-state index is 0.433. The van der Waals surface area contributed by atoms with E-state index >= 15 is 0 Å². The van der Waals surface area contributed by atoms with Crippen molar-refractivity contribution < 1.29 is 0 Å². The number of nitrogens with one attached hydrogen (secondary N) is 1. The molecule has 1 aromatic rings. The van der Waals surface area contributed by atoms with Crippen LogP contribution in [0.1, 0.15) is 31.7 Å². The molecule has 2 nitrogen and oxygen atoms in total. The normalized spacial score (nSPS) is 17.0. The van der Waals surface area contributed by atoms with Crippen LogP contribution in [-0.2, 0) is 0 Å². The van der Waals surface area contributed by atoms with Gasteiger partial charge in [-0.25, -0.2) is 0 Å². The highest BCUT2D eigenvalue weighted by molar-refractivity contribution is 7.98. The van der Waals surface area contributed by atoms with Crippen LogP contribution < -0.4 is 5.32 Å². The number of hydrogen-bond acceptors (Lipinski definition) is 3. The van der Waals surface area contributed by atoms with Crippen molar-refractivity contribution in [2.24, 2.45) is 5.41 Å². The lowest BCUT2D eigenvalue weighted by molar-refractivity contribution is 0.180. The molecule has 1 aliphatic carbocycles. The molecule has 3 heteroatoms. The maximum Gasteiger partial charge on any atom is 0.102 e. The summed E-state index contributed by atoms with van der Waals surface area (Å²) in [5, 5.41) is 12.7. The lowest BCUT2D eigenvalue weighted by Crippen LogP contribution is -2.33. The van der Waals surface area contributed by atoms with Crippen LogP contribution in [0.25, 0.3) is 0 Å². The molecular formula is C14H18N2S. The standard InChI is InChI=1S/C14H18N2S/c1-14(7-4-8-14)10-16-12-5-3-6-13(17-2)11(12)9-15/h3,5-6,16H,4,7-8,10H2,1-2H3. The third-order valence-electron chi connectivity index (χ3n) is 3.62. The fourth-order valence-corrected chi connectivity index (χ4v) is 2.80. The van der Waals surface area contributed by atoms with Crippen molar-refractivity contribution in [1.29, 1.82) is 5.26 Å². The van der Waals surface area contributed by atoms with Crippen molar-refractivity contribution in [1.82, 2.24) is 0 Å². The van der Waals surface area contributed by atoms with Crippen molar-refractivity contribution in [2.45, 2.75) is 31.1 Å². The third kappa shape index (κ3) is 2.58. The predicted octanol–water partition coefficient (Wildman–Crippen LogP) is 3.88. The Morgan fingerprint density at radius 1 is 1.47 bits per heavy atom. The van der Waals surface area contributed by atoms with Crippen LogP contribution in [0, 0.1) is 16.7 Å². The first-order chi connectivity index (χ1) is 8.18. The highest BCUT2D eigenvalue weighted by atomic mass is 32.2. The fraction of sp³-hybridized carbons (Fsp3) is 0.500. The van der Waals surface area contributed by atoms with Gasteiger partial charge in [-0.3, -0.25) is 0 Å². The third-order valence-corrected chi connectivity index (χ3v) is 4.40. The predicted molar refractivity (Wildman–Crippen MR) is 73.4 cm³/mol. The van der Waals surface area contributed by atoms with Gasteiger partial charge in [0.2, 0.25) is 0 Å². The van der Waals surface area contributed by atoms with Crippen LogP contribution >= 0.6 is 11.8 Å². The van der Waals surface area contributed by atoms with E-state index in [1.807, 2.05) is 24.5 Å². The van der Waals surface area contributed by atoms with E-state index in [0.29, 0.717) is 5.41 Å². The van der Waals surface area contributed by atoms with Gasteiger partial charge in [0.05, 0.1) is 11.3 Å². The molecule has 1 fully saturated rings. The molecule has 0 atom stereocenters. The average molecular weight is 246 g/mol. The van der Waals surface area contributed by atoms with Gasteiger partial charge in [0.25, 0.3) is 0 Å². The first-order valence-electron chi connectivity index (χ1n) is 5.99. The van der Waals surface area contributed by atoms with E-state index < -0.39 is 0 Å². The Morgan fingerprint density at radius 2 is 2.24 bits per heavy atom. The number of benzene rings is 1. The zero-order valence-corrected chi connectivity index (χ0v) is 11.2. The van der Waals surface area contributed by atoms with Crippen LogP contribution in [0.4, 0.5) is 5.69 Å². The van der Waals surface area contributed by atoms with E-state index in [9.17, 15) is 5.26 Å². The second-order valence-corrected chi connectivity index (χ2v) is 5.86. The SMILES string of the molecule is CSc1cccc(NCC2(C)CCC2)c1C#N. The molecule has 0 aromatic heterocycles. The number of thioether (sulfide) groups is 1. The molecule has 0 unspecified atom stereocenters. The molecular weight excluding hydrogens is 228 g/mol. The highest BCUT2D eigenvalue weighted by Gasteiger charge is 2.31. The summed E-state index contributed by atoms with van der Waals surface area (Å²) in [5.74, 6) is 0. The Balaban J connectivity index is 2.12. The van der Waals surface area contributed by atoms with E-state index in [1.54, 1.807) is 11.8 Å².